The predicted molar refractivity (Wildman–Crippen MR) is 129 cm³/mol. The first-order chi connectivity index (χ1) is 15.7. The molecule has 1 aliphatic carbocycles. The van der Waals surface area contributed by atoms with Gasteiger partial charge in [-0.3, -0.25) is 4.99 Å². The zero-order chi connectivity index (χ0) is 22.2. The molecule has 0 aromatic heterocycles. The van der Waals surface area contributed by atoms with E-state index in [2.05, 4.69) is 41.6 Å². The van der Waals surface area contributed by atoms with Crippen molar-refractivity contribution in [3.8, 4) is 11.5 Å². The lowest BCUT2D eigenvalue weighted by molar-refractivity contribution is 0.305. The molecular weight excluding hydrogens is 400 g/mol. The molecule has 6 nitrogen and oxygen atoms in total. The smallest absolute Gasteiger partial charge is 0.130 e. The number of rotatable bonds is 8. The highest BCUT2D eigenvalue weighted by atomic mass is 16.5. The van der Waals surface area contributed by atoms with Crippen LogP contribution in [0.1, 0.15) is 17.5 Å². The minimum Gasteiger partial charge on any atom is -0.489 e. The van der Waals surface area contributed by atoms with Crippen LogP contribution in [0.2, 0.25) is 0 Å². The summed E-state index contributed by atoms with van der Waals surface area (Å²) in [6.45, 7) is 0.902. The van der Waals surface area contributed by atoms with Crippen LogP contribution in [0.4, 0.5) is 0 Å². The Morgan fingerprint density at radius 2 is 1.66 bits per heavy atom. The molecule has 1 aliphatic heterocycles. The van der Waals surface area contributed by atoms with Crippen molar-refractivity contribution in [3.63, 3.8) is 0 Å². The number of fused-ring (bicyclic) bond motifs is 2. The van der Waals surface area contributed by atoms with Gasteiger partial charge in [0, 0.05) is 6.42 Å². The number of aliphatic imine (C=N–C) groups is 1. The van der Waals surface area contributed by atoms with E-state index in [1.54, 1.807) is 0 Å². The van der Waals surface area contributed by atoms with Gasteiger partial charge in [-0.15, -0.1) is 0 Å². The van der Waals surface area contributed by atoms with Crippen LogP contribution in [0.15, 0.2) is 95.1 Å². The molecule has 2 bridgehead atoms. The number of hydrogen-bond donors (Lipinski definition) is 2. The Morgan fingerprint density at radius 3 is 2.44 bits per heavy atom. The van der Waals surface area contributed by atoms with Gasteiger partial charge in [0.15, 0.2) is 0 Å². The Kier molecular flexibility index (Phi) is 7.02. The summed E-state index contributed by atoms with van der Waals surface area (Å²) in [4.78, 5) is 4.81. The van der Waals surface area contributed by atoms with Crippen molar-refractivity contribution in [2.75, 3.05) is 6.61 Å². The topological polar surface area (TPSA) is 95.2 Å². The van der Waals surface area contributed by atoms with Crippen LogP contribution in [0.25, 0.3) is 0 Å². The van der Waals surface area contributed by atoms with E-state index in [1.807, 2.05) is 48.5 Å². The third kappa shape index (κ3) is 6.11. The van der Waals surface area contributed by atoms with Crippen LogP contribution in [0.3, 0.4) is 0 Å². The maximum atomic E-state index is 5.95. The second-order valence-corrected chi connectivity index (χ2v) is 7.88. The molecule has 2 aromatic rings. The quantitative estimate of drug-likeness (QED) is 0.288. The maximum Gasteiger partial charge on any atom is 0.130 e. The van der Waals surface area contributed by atoms with Crippen LogP contribution >= 0.6 is 0 Å². The zero-order valence-corrected chi connectivity index (χ0v) is 17.9. The highest BCUT2D eigenvalue weighted by Gasteiger charge is 2.15. The van der Waals surface area contributed by atoms with Gasteiger partial charge in [-0.05, 0) is 53.8 Å². The Bertz CT molecular complexity index is 1070. The van der Waals surface area contributed by atoms with E-state index in [0.29, 0.717) is 31.4 Å². The second-order valence-electron chi connectivity index (χ2n) is 7.88. The number of nitrogens with two attached hydrogens (primary N) is 2. The van der Waals surface area contributed by atoms with Crippen molar-refractivity contribution in [2.24, 2.45) is 27.6 Å². The van der Waals surface area contributed by atoms with Crippen molar-refractivity contribution in [2.45, 2.75) is 25.5 Å². The van der Waals surface area contributed by atoms with Gasteiger partial charge in [0.2, 0.25) is 0 Å². The molecule has 0 saturated heterocycles. The van der Waals surface area contributed by atoms with Crippen molar-refractivity contribution in [3.05, 3.63) is 96.1 Å². The van der Waals surface area contributed by atoms with E-state index in [4.69, 9.17) is 26.0 Å². The van der Waals surface area contributed by atoms with Gasteiger partial charge < -0.3 is 21.1 Å². The fraction of sp³-hybridized carbons (Fsp3) is 0.231. The predicted octanol–water partition coefficient (Wildman–Crippen LogP) is 3.93. The summed E-state index contributed by atoms with van der Waals surface area (Å²) >= 11 is 0. The lowest BCUT2D eigenvalue weighted by Crippen LogP contribution is -2.17. The highest BCUT2D eigenvalue weighted by Crippen LogP contribution is 2.22. The largest absolute Gasteiger partial charge is 0.489 e. The number of allylic oxidation sites excluding steroid dienone is 4. The minimum absolute atomic E-state index is 0.205. The number of hydrogen-bond acceptors (Lipinski definition) is 5. The van der Waals surface area contributed by atoms with E-state index in [-0.39, 0.29) is 6.04 Å². The Balaban J connectivity index is 1.29. The Labute approximate surface area is 188 Å². The molecule has 2 unspecified atom stereocenters. The number of nitrogens with zero attached hydrogens (tertiary/aromatic N) is 2. The van der Waals surface area contributed by atoms with Gasteiger partial charge in [0.05, 0.1) is 11.8 Å². The molecular formula is C26H28N4O2. The van der Waals surface area contributed by atoms with Gasteiger partial charge in [-0.25, -0.2) is 0 Å². The van der Waals surface area contributed by atoms with Crippen molar-refractivity contribution in [1.29, 1.82) is 0 Å². The third-order valence-electron chi connectivity index (χ3n) is 5.34. The third-order valence-corrected chi connectivity index (χ3v) is 5.34. The number of benzene rings is 2. The molecule has 1 heterocycles. The van der Waals surface area contributed by atoms with Crippen LogP contribution < -0.4 is 21.1 Å². The average Bonchev–Trinajstić information content (AvgIpc) is 3.17. The molecule has 2 atom stereocenters. The summed E-state index contributed by atoms with van der Waals surface area (Å²) < 4.78 is 11.9. The standard InChI is InChI=1S/C26H28N4O2/c27-26(30-28)16-20-5-3-6-21(14-20)17-31-24-10-12-25(13-11-24)32-18-23-9-8-19-4-1-2-7-22(15-19)29-23/h1-14,19,22H,15-18,28H2,(H2,27,30). The average molecular weight is 429 g/mol. The molecule has 4 N–H and O–H groups in total. The second kappa shape index (κ2) is 10.5. The summed E-state index contributed by atoms with van der Waals surface area (Å²) in [6.07, 6.45) is 14.3. The van der Waals surface area contributed by atoms with Gasteiger partial charge in [-0.1, -0.05) is 54.6 Å². The minimum atomic E-state index is 0.205. The molecule has 0 spiro atoms. The van der Waals surface area contributed by atoms with Crippen LogP contribution in [-0.4, -0.2) is 24.2 Å². The molecule has 2 aliphatic rings. The summed E-state index contributed by atoms with van der Waals surface area (Å²) in [7, 11) is 0. The molecule has 0 amide bonds. The zero-order valence-electron chi connectivity index (χ0n) is 17.9. The first-order valence-corrected chi connectivity index (χ1v) is 10.7. The first kappa shape index (κ1) is 21.4. The summed E-state index contributed by atoms with van der Waals surface area (Å²) in [5, 5.41) is 3.52. The lowest BCUT2D eigenvalue weighted by atomic mass is 10.0. The van der Waals surface area contributed by atoms with Crippen LogP contribution in [0.5, 0.6) is 11.5 Å². The molecule has 164 valence electrons. The van der Waals surface area contributed by atoms with Crippen molar-refractivity contribution >= 4 is 11.5 Å². The molecule has 32 heavy (non-hydrogen) atoms. The summed E-state index contributed by atoms with van der Waals surface area (Å²) in [5.41, 5.74) is 8.76. The van der Waals surface area contributed by atoms with Crippen molar-refractivity contribution in [1.82, 2.24) is 0 Å². The molecule has 4 rings (SSSR count). The highest BCUT2D eigenvalue weighted by molar-refractivity contribution is 5.96. The Morgan fingerprint density at radius 1 is 0.938 bits per heavy atom. The Hall–Kier alpha value is -3.80. The van der Waals surface area contributed by atoms with Crippen LogP contribution in [-0.2, 0) is 13.0 Å². The van der Waals surface area contributed by atoms with Gasteiger partial charge in [-0.2, -0.15) is 5.10 Å². The fourth-order valence-corrected chi connectivity index (χ4v) is 3.69. The van der Waals surface area contributed by atoms with E-state index in [0.717, 1.165) is 34.8 Å². The first-order valence-electron chi connectivity index (χ1n) is 10.7. The SMILES string of the molecule is N/N=C(\N)Cc1cccc(COc2ccc(OCC3=NC4C=CC=CC(C=C3)C4)cc2)c1. The van der Waals surface area contributed by atoms with Crippen molar-refractivity contribution < 1.29 is 9.47 Å². The van der Waals surface area contributed by atoms with E-state index in [1.165, 1.54) is 0 Å². The monoisotopic (exact) mass is 428 g/mol. The normalized spacial score (nSPS) is 19.8. The molecule has 0 fully saturated rings. The van der Waals surface area contributed by atoms with Gasteiger partial charge in [0.1, 0.15) is 30.5 Å². The molecule has 6 heteroatoms. The van der Waals surface area contributed by atoms with Gasteiger partial charge >= 0.3 is 0 Å². The lowest BCUT2D eigenvalue weighted by Gasteiger charge is -2.11. The van der Waals surface area contributed by atoms with E-state index < -0.39 is 0 Å². The van der Waals surface area contributed by atoms with E-state index >= 15 is 0 Å². The maximum absolute atomic E-state index is 5.95. The molecule has 0 radical (unpaired) electrons. The van der Waals surface area contributed by atoms with Crippen LogP contribution in [0, 0.1) is 5.92 Å². The summed E-state index contributed by atoms with van der Waals surface area (Å²) in [5.74, 6) is 7.61. The fourth-order valence-electron chi connectivity index (χ4n) is 3.69. The number of amidine groups is 1. The summed E-state index contributed by atoms with van der Waals surface area (Å²) in [6, 6.07) is 15.9. The van der Waals surface area contributed by atoms with Gasteiger partial charge in [0.25, 0.3) is 0 Å². The number of hydrazone groups is 1. The molecule has 0 saturated carbocycles. The number of ether oxygens (including phenoxy) is 2. The molecule has 2 aromatic carbocycles. The van der Waals surface area contributed by atoms with E-state index in [9.17, 15) is 0 Å².